The summed E-state index contributed by atoms with van der Waals surface area (Å²) in [6.07, 6.45) is 0. The van der Waals surface area contributed by atoms with Gasteiger partial charge in [0.1, 0.15) is 5.75 Å². The number of methoxy groups -OCH3 is 1. The molecule has 1 aliphatic rings. The molecule has 0 unspecified atom stereocenters. The van der Waals surface area contributed by atoms with Gasteiger partial charge in [0.2, 0.25) is 0 Å². The van der Waals surface area contributed by atoms with Crippen LogP contribution >= 0.6 is 0 Å². The van der Waals surface area contributed by atoms with Gasteiger partial charge in [-0.05, 0) is 31.2 Å². The highest BCUT2D eigenvalue weighted by atomic mass is 16.5. The van der Waals surface area contributed by atoms with Crippen LogP contribution in [0.25, 0.3) is 10.9 Å². The lowest BCUT2D eigenvalue weighted by Crippen LogP contribution is -2.35. The molecule has 1 amide bonds. The normalized spacial score (nSPS) is 19.7. The lowest BCUT2D eigenvalue weighted by Gasteiger charge is -2.22. The molecule has 0 spiro atoms. The number of aliphatic hydroxyl groups is 1. The summed E-state index contributed by atoms with van der Waals surface area (Å²) in [6, 6.07) is 12.8. The van der Waals surface area contributed by atoms with Crippen LogP contribution in [-0.4, -0.2) is 23.1 Å². The van der Waals surface area contributed by atoms with Gasteiger partial charge < -0.3 is 20.1 Å². The van der Waals surface area contributed by atoms with Gasteiger partial charge in [0.15, 0.2) is 5.60 Å². The number of ether oxygens (including phenoxy) is 1. The summed E-state index contributed by atoms with van der Waals surface area (Å²) in [5, 5.41) is 15.0. The van der Waals surface area contributed by atoms with Crippen molar-refractivity contribution in [3.8, 4) is 5.75 Å². The van der Waals surface area contributed by atoms with E-state index in [2.05, 4.69) is 10.3 Å². The predicted molar refractivity (Wildman–Crippen MR) is 87.7 cm³/mol. The van der Waals surface area contributed by atoms with Crippen LogP contribution in [0.5, 0.6) is 5.75 Å². The number of aromatic nitrogens is 1. The first kappa shape index (κ1) is 13.8. The molecule has 2 aromatic carbocycles. The summed E-state index contributed by atoms with van der Waals surface area (Å²) in [5.74, 6) is 0.143. The number of anilines is 1. The maximum atomic E-state index is 12.6. The van der Waals surface area contributed by atoms with E-state index in [1.165, 1.54) is 0 Å². The fourth-order valence-electron chi connectivity index (χ4n) is 3.38. The van der Waals surface area contributed by atoms with Crippen molar-refractivity contribution in [2.45, 2.75) is 12.5 Å². The minimum atomic E-state index is -1.74. The maximum absolute atomic E-state index is 12.6. The van der Waals surface area contributed by atoms with E-state index in [1.807, 2.05) is 31.2 Å². The monoisotopic (exact) mass is 308 g/mol. The number of nitrogens with one attached hydrogen (secondary N) is 2. The zero-order valence-corrected chi connectivity index (χ0v) is 12.8. The second-order valence-corrected chi connectivity index (χ2v) is 5.75. The second kappa shape index (κ2) is 4.60. The van der Waals surface area contributed by atoms with Gasteiger partial charge in [-0.15, -0.1) is 0 Å². The minimum Gasteiger partial charge on any atom is -0.497 e. The standard InChI is InChI=1S/C18H16N2O3/c1-10-16(12-5-3-4-6-14(12)19-10)18(22)13-9-11(23-2)7-8-15(13)20-17(18)21/h3-9,19,22H,1-2H3,(H,20,21)/t18-/m0/s1. The molecule has 1 aromatic heterocycles. The summed E-state index contributed by atoms with van der Waals surface area (Å²) in [4.78, 5) is 15.9. The largest absolute Gasteiger partial charge is 0.497 e. The average molecular weight is 308 g/mol. The molecule has 3 N–H and O–H groups in total. The number of fused-ring (bicyclic) bond motifs is 2. The topological polar surface area (TPSA) is 74.3 Å². The Morgan fingerprint density at radius 1 is 1.17 bits per heavy atom. The summed E-state index contributed by atoms with van der Waals surface area (Å²) in [6.45, 7) is 1.86. The van der Waals surface area contributed by atoms with Gasteiger partial charge in [0.25, 0.3) is 5.91 Å². The first-order chi connectivity index (χ1) is 11.1. The lowest BCUT2D eigenvalue weighted by atomic mass is 9.85. The third-order valence-electron chi connectivity index (χ3n) is 4.45. The highest BCUT2D eigenvalue weighted by Crippen LogP contribution is 2.45. The highest BCUT2D eigenvalue weighted by Gasteiger charge is 2.49. The van der Waals surface area contributed by atoms with Crippen LogP contribution in [0.15, 0.2) is 42.5 Å². The number of aromatic amines is 1. The van der Waals surface area contributed by atoms with Gasteiger partial charge in [-0.25, -0.2) is 0 Å². The Labute approximate surface area is 132 Å². The van der Waals surface area contributed by atoms with Crippen molar-refractivity contribution in [2.24, 2.45) is 0 Å². The van der Waals surface area contributed by atoms with E-state index in [1.54, 1.807) is 25.3 Å². The molecule has 0 saturated heterocycles. The number of amides is 1. The first-order valence-corrected chi connectivity index (χ1v) is 7.36. The molecule has 0 fully saturated rings. The van der Waals surface area contributed by atoms with Gasteiger partial charge in [0, 0.05) is 33.4 Å². The van der Waals surface area contributed by atoms with Crippen LogP contribution in [0.1, 0.15) is 16.8 Å². The number of carbonyl (C=O) groups excluding carboxylic acids is 1. The molecule has 23 heavy (non-hydrogen) atoms. The predicted octanol–water partition coefficient (Wildman–Crippen LogP) is 2.67. The Morgan fingerprint density at radius 2 is 1.96 bits per heavy atom. The third kappa shape index (κ3) is 1.74. The fourth-order valence-corrected chi connectivity index (χ4v) is 3.38. The van der Waals surface area contributed by atoms with Gasteiger partial charge in [0.05, 0.1) is 7.11 Å². The Morgan fingerprint density at radius 3 is 2.74 bits per heavy atom. The molecule has 0 saturated carbocycles. The quantitative estimate of drug-likeness (QED) is 0.681. The number of para-hydroxylation sites is 1. The van der Waals surface area contributed by atoms with Crippen molar-refractivity contribution in [3.63, 3.8) is 0 Å². The van der Waals surface area contributed by atoms with Crippen molar-refractivity contribution in [2.75, 3.05) is 12.4 Å². The van der Waals surface area contributed by atoms with Crippen LogP contribution in [0.2, 0.25) is 0 Å². The number of hydrogen-bond acceptors (Lipinski definition) is 3. The molecule has 4 rings (SSSR count). The Hall–Kier alpha value is -2.79. The minimum absolute atomic E-state index is 0.450. The SMILES string of the molecule is COc1ccc2c(c1)[C@](O)(c1c(C)[nH]c3ccccc13)C(=O)N2. The molecule has 5 nitrogen and oxygen atoms in total. The van der Waals surface area contributed by atoms with E-state index < -0.39 is 11.5 Å². The molecule has 1 aliphatic heterocycles. The number of benzene rings is 2. The van der Waals surface area contributed by atoms with Crippen molar-refractivity contribution in [1.29, 1.82) is 0 Å². The van der Waals surface area contributed by atoms with Crippen LogP contribution in [0.3, 0.4) is 0 Å². The molecule has 2 heterocycles. The Bertz CT molecular complexity index is 945. The molecule has 5 heteroatoms. The second-order valence-electron chi connectivity index (χ2n) is 5.75. The van der Waals surface area contributed by atoms with Crippen molar-refractivity contribution >= 4 is 22.5 Å². The van der Waals surface area contributed by atoms with E-state index in [4.69, 9.17) is 4.74 Å². The maximum Gasteiger partial charge on any atom is 0.265 e. The van der Waals surface area contributed by atoms with Crippen LogP contribution in [-0.2, 0) is 10.4 Å². The molecular formula is C18H16N2O3. The number of hydrogen-bond donors (Lipinski definition) is 3. The van der Waals surface area contributed by atoms with Gasteiger partial charge in [-0.2, -0.15) is 0 Å². The molecule has 3 aromatic rings. The number of rotatable bonds is 2. The lowest BCUT2D eigenvalue weighted by molar-refractivity contribution is -0.129. The van der Waals surface area contributed by atoms with Gasteiger partial charge in [-0.3, -0.25) is 4.79 Å². The van der Waals surface area contributed by atoms with Gasteiger partial charge >= 0.3 is 0 Å². The highest BCUT2D eigenvalue weighted by molar-refractivity contribution is 6.10. The van der Waals surface area contributed by atoms with E-state index in [-0.39, 0.29) is 0 Å². The van der Waals surface area contributed by atoms with E-state index in [0.717, 1.165) is 16.6 Å². The number of H-pyrrole nitrogens is 1. The first-order valence-electron chi connectivity index (χ1n) is 7.36. The zero-order chi connectivity index (χ0) is 16.2. The van der Waals surface area contributed by atoms with Gasteiger partial charge in [-0.1, -0.05) is 18.2 Å². The summed E-state index contributed by atoms with van der Waals surface area (Å²) in [7, 11) is 1.56. The van der Waals surface area contributed by atoms with E-state index in [9.17, 15) is 9.90 Å². The van der Waals surface area contributed by atoms with Crippen LogP contribution < -0.4 is 10.1 Å². The summed E-state index contributed by atoms with van der Waals surface area (Å²) in [5.41, 5.74) is 1.60. The number of carbonyl (C=O) groups is 1. The summed E-state index contributed by atoms with van der Waals surface area (Å²) >= 11 is 0. The summed E-state index contributed by atoms with van der Waals surface area (Å²) < 4.78 is 5.25. The molecule has 0 aliphatic carbocycles. The van der Waals surface area contributed by atoms with Crippen LogP contribution in [0, 0.1) is 6.92 Å². The van der Waals surface area contributed by atoms with Crippen molar-refractivity contribution in [1.82, 2.24) is 4.98 Å². The molecule has 116 valence electrons. The van der Waals surface area contributed by atoms with E-state index >= 15 is 0 Å². The average Bonchev–Trinajstić information content (AvgIpc) is 3.02. The molecule has 0 bridgehead atoms. The molecular weight excluding hydrogens is 292 g/mol. The fraction of sp³-hybridized carbons (Fsp3) is 0.167. The zero-order valence-electron chi connectivity index (χ0n) is 12.8. The van der Waals surface area contributed by atoms with Crippen LogP contribution in [0.4, 0.5) is 5.69 Å². The molecule has 0 radical (unpaired) electrons. The van der Waals surface area contributed by atoms with E-state index in [0.29, 0.717) is 22.6 Å². The number of aryl methyl sites for hydroxylation is 1. The third-order valence-corrected chi connectivity index (χ3v) is 4.45. The Kier molecular flexibility index (Phi) is 2.77. The molecule has 1 atom stereocenters. The van der Waals surface area contributed by atoms with Crippen molar-refractivity contribution in [3.05, 3.63) is 59.3 Å². The Balaban J connectivity index is 2.04. The van der Waals surface area contributed by atoms with Crippen molar-refractivity contribution < 1.29 is 14.6 Å². The smallest absolute Gasteiger partial charge is 0.265 e.